The molecule has 8 nitrogen and oxygen atoms in total. The van der Waals surface area contributed by atoms with Crippen LogP contribution in [0.4, 0.5) is 0 Å². The third kappa shape index (κ3) is 3.09. The maximum absolute atomic E-state index is 11.8. The lowest BCUT2D eigenvalue weighted by Crippen LogP contribution is -2.33. The molecule has 0 spiro atoms. The number of aromatic amines is 1. The van der Waals surface area contributed by atoms with E-state index in [4.69, 9.17) is 14.2 Å². The van der Waals surface area contributed by atoms with Gasteiger partial charge in [-0.25, -0.2) is 4.79 Å². The second kappa shape index (κ2) is 6.05. The summed E-state index contributed by atoms with van der Waals surface area (Å²) < 4.78 is 22.7. The van der Waals surface area contributed by atoms with E-state index in [1.807, 2.05) is 6.92 Å². The number of ether oxygens (including phenoxy) is 1. The van der Waals surface area contributed by atoms with Crippen molar-refractivity contribution in [1.29, 1.82) is 0 Å². The second-order valence-corrected chi connectivity index (χ2v) is 5.44. The Morgan fingerprint density at radius 2 is 2.30 bits per heavy atom. The molecule has 9 heteroatoms. The molecule has 0 radical (unpaired) electrons. The molecule has 1 aliphatic heterocycles. The topological polar surface area (TPSA) is 111 Å². The molecule has 1 aromatic heterocycles. The first-order valence-electron chi connectivity index (χ1n) is 6.29. The van der Waals surface area contributed by atoms with Crippen LogP contribution in [0.3, 0.4) is 0 Å². The Morgan fingerprint density at radius 1 is 1.60 bits per heavy atom. The summed E-state index contributed by atoms with van der Waals surface area (Å²) in [6.07, 6.45) is 0.770. The van der Waals surface area contributed by atoms with Crippen molar-refractivity contribution in [3.63, 3.8) is 0 Å². The van der Waals surface area contributed by atoms with E-state index >= 15 is 0 Å². The Bertz CT molecular complexity index is 624. The van der Waals surface area contributed by atoms with E-state index in [9.17, 15) is 14.2 Å². The molecule has 1 aliphatic rings. The van der Waals surface area contributed by atoms with Crippen LogP contribution < -0.4 is 11.2 Å². The van der Waals surface area contributed by atoms with Gasteiger partial charge in [0.25, 0.3) is 5.56 Å². The van der Waals surface area contributed by atoms with Gasteiger partial charge in [-0.05, 0) is 13.3 Å². The molecule has 2 N–H and O–H groups in total. The molecular formula is C11H17N2O6P. The summed E-state index contributed by atoms with van der Waals surface area (Å²) in [5, 5.41) is 0. The fraction of sp³-hybridized carbons (Fsp3) is 0.636. The van der Waals surface area contributed by atoms with Crippen molar-refractivity contribution in [1.82, 2.24) is 9.55 Å². The first-order valence-corrected chi connectivity index (χ1v) is 7.55. The maximum atomic E-state index is 11.8. The van der Waals surface area contributed by atoms with Crippen LogP contribution in [-0.2, 0) is 13.8 Å². The number of hydrogen-bond acceptors (Lipinski definition) is 5. The van der Waals surface area contributed by atoms with E-state index < -0.39 is 31.8 Å². The van der Waals surface area contributed by atoms with Gasteiger partial charge < -0.3 is 14.2 Å². The Balaban J connectivity index is 2.27. The van der Waals surface area contributed by atoms with E-state index in [0.717, 1.165) is 0 Å². The lowest BCUT2D eigenvalue weighted by atomic mass is 10.1. The van der Waals surface area contributed by atoms with Crippen molar-refractivity contribution in [3.8, 4) is 0 Å². The minimum atomic E-state index is -3.06. The normalized spacial score (nSPS) is 27.6. The van der Waals surface area contributed by atoms with E-state index in [2.05, 4.69) is 4.98 Å². The monoisotopic (exact) mass is 304 g/mol. The Labute approximate surface area is 115 Å². The molecule has 112 valence electrons. The van der Waals surface area contributed by atoms with Crippen molar-refractivity contribution in [3.05, 3.63) is 32.6 Å². The molecule has 1 fully saturated rings. The summed E-state index contributed by atoms with van der Waals surface area (Å²) in [5.41, 5.74) is -0.622. The zero-order valence-corrected chi connectivity index (χ0v) is 12.2. The average molecular weight is 304 g/mol. The minimum Gasteiger partial charge on any atom is -0.352 e. The molecule has 2 heterocycles. The molecule has 1 saturated heterocycles. The van der Waals surface area contributed by atoms with Crippen molar-refractivity contribution in [2.75, 3.05) is 0 Å². The first-order chi connectivity index (χ1) is 9.42. The van der Waals surface area contributed by atoms with Crippen molar-refractivity contribution >= 4 is 8.25 Å². The SMILES string of the molecule is CC[C@H]1O[C@@H](n2cc(C)c(=O)[nH]c2=O)CC1O[PH](=O)O. The van der Waals surface area contributed by atoms with Gasteiger partial charge in [0.15, 0.2) is 0 Å². The number of nitrogens with zero attached hydrogens (tertiary/aromatic N) is 1. The third-order valence-corrected chi connectivity index (χ3v) is 3.80. The fourth-order valence-electron chi connectivity index (χ4n) is 2.29. The highest BCUT2D eigenvalue weighted by Crippen LogP contribution is 2.35. The van der Waals surface area contributed by atoms with Gasteiger partial charge in [0.05, 0.1) is 12.2 Å². The van der Waals surface area contributed by atoms with E-state index in [1.165, 1.54) is 10.8 Å². The Kier molecular flexibility index (Phi) is 4.59. The van der Waals surface area contributed by atoms with Crippen LogP contribution in [0.5, 0.6) is 0 Å². The number of nitrogens with one attached hydrogen (secondary N) is 1. The number of hydrogen-bond donors (Lipinski definition) is 2. The Morgan fingerprint density at radius 3 is 2.90 bits per heavy atom. The third-order valence-electron chi connectivity index (χ3n) is 3.29. The molecule has 20 heavy (non-hydrogen) atoms. The summed E-state index contributed by atoms with van der Waals surface area (Å²) >= 11 is 0. The van der Waals surface area contributed by atoms with Crippen molar-refractivity contribution in [2.45, 2.75) is 45.1 Å². The highest BCUT2D eigenvalue weighted by Gasteiger charge is 2.37. The van der Waals surface area contributed by atoms with E-state index in [1.54, 1.807) is 6.92 Å². The predicted molar refractivity (Wildman–Crippen MR) is 71.0 cm³/mol. The number of rotatable bonds is 4. The number of H-pyrrole nitrogens is 1. The maximum Gasteiger partial charge on any atom is 0.330 e. The van der Waals surface area contributed by atoms with E-state index in [-0.39, 0.29) is 12.5 Å². The average Bonchev–Trinajstić information content (AvgIpc) is 2.75. The van der Waals surface area contributed by atoms with Crippen LogP contribution in [0.25, 0.3) is 0 Å². The summed E-state index contributed by atoms with van der Waals surface area (Å²) in [5.74, 6) is 0. The predicted octanol–water partition coefficient (Wildman–Crippen LogP) is 0.310. The van der Waals surface area contributed by atoms with Crippen molar-refractivity contribution < 1.29 is 18.7 Å². The smallest absolute Gasteiger partial charge is 0.330 e. The molecule has 2 rings (SSSR count). The highest BCUT2D eigenvalue weighted by molar-refractivity contribution is 7.32. The summed E-state index contributed by atoms with van der Waals surface area (Å²) in [6, 6.07) is 0. The highest BCUT2D eigenvalue weighted by atomic mass is 31.1. The van der Waals surface area contributed by atoms with Crippen LogP contribution in [0.15, 0.2) is 15.8 Å². The van der Waals surface area contributed by atoms with Crippen LogP contribution in [0.1, 0.15) is 31.6 Å². The van der Waals surface area contributed by atoms with Crippen LogP contribution in [0.2, 0.25) is 0 Å². The quantitative estimate of drug-likeness (QED) is 0.775. The molecule has 4 atom stereocenters. The molecule has 2 unspecified atom stereocenters. The van der Waals surface area contributed by atoms with Gasteiger partial charge in [-0.2, -0.15) is 0 Å². The lowest BCUT2D eigenvalue weighted by Gasteiger charge is -2.15. The van der Waals surface area contributed by atoms with Gasteiger partial charge in [-0.15, -0.1) is 0 Å². The molecular weight excluding hydrogens is 287 g/mol. The zero-order chi connectivity index (χ0) is 14.9. The van der Waals surface area contributed by atoms with Gasteiger partial charge >= 0.3 is 13.9 Å². The van der Waals surface area contributed by atoms with Gasteiger partial charge in [0.2, 0.25) is 0 Å². The van der Waals surface area contributed by atoms with Gasteiger partial charge in [-0.1, -0.05) is 6.92 Å². The van der Waals surface area contributed by atoms with E-state index in [0.29, 0.717) is 12.0 Å². The molecule has 0 bridgehead atoms. The van der Waals surface area contributed by atoms with Crippen molar-refractivity contribution in [2.24, 2.45) is 0 Å². The van der Waals surface area contributed by atoms with Gasteiger partial charge in [0, 0.05) is 18.2 Å². The molecule has 0 aromatic carbocycles. The lowest BCUT2D eigenvalue weighted by molar-refractivity contribution is -0.0184. The summed E-state index contributed by atoms with van der Waals surface area (Å²) in [6.45, 7) is 3.44. The summed E-state index contributed by atoms with van der Waals surface area (Å²) in [4.78, 5) is 34.2. The van der Waals surface area contributed by atoms with Crippen LogP contribution >= 0.6 is 8.25 Å². The second-order valence-electron chi connectivity index (χ2n) is 4.67. The summed E-state index contributed by atoms with van der Waals surface area (Å²) in [7, 11) is -3.06. The standard InChI is InChI=1S/C11H17N2O6P/c1-3-7-8(19-20(16)17)4-9(18-7)13-5-6(2)10(14)12-11(13)15/h5,7-9,20H,3-4H2,1-2H3,(H,16,17)(H,12,14,15)/t7-,8?,9-/m1/s1. The largest absolute Gasteiger partial charge is 0.352 e. The molecule has 0 saturated carbocycles. The minimum absolute atomic E-state index is 0.279. The molecule has 0 aliphatic carbocycles. The van der Waals surface area contributed by atoms with Gasteiger partial charge in [-0.3, -0.25) is 18.9 Å². The Hall–Kier alpha value is -1.21. The van der Waals surface area contributed by atoms with Crippen LogP contribution in [0, 0.1) is 6.92 Å². The first kappa shape index (κ1) is 15.2. The number of aryl methyl sites for hydroxylation is 1. The number of aromatic nitrogens is 2. The molecule has 0 amide bonds. The van der Waals surface area contributed by atoms with Gasteiger partial charge in [0.1, 0.15) is 6.23 Å². The zero-order valence-electron chi connectivity index (χ0n) is 11.2. The fourth-order valence-corrected chi connectivity index (χ4v) is 2.79. The molecule has 1 aromatic rings. The van der Waals surface area contributed by atoms with Crippen LogP contribution in [-0.4, -0.2) is 26.7 Å².